The van der Waals surface area contributed by atoms with Crippen molar-refractivity contribution in [2.45, 2.75) is 25.3 Å². The number of unbranched alkanes of at least 4 members (excludes halogenated alkanes) is 1. The van der Waals surface area contributed by atoms with Crippen LogP contribution in [0.4, 0.5) is 0 Å². The number of hydrogen-bond acceptors (Lipinski definition) is 2. The molecule has 0 saturated heterocycles. The molecule has 0 fully saturated rings. The summed E-state index contributed by atoms with van der Waals surface area (Å²) in [6, 6.07) is 4.14. The number of H-pyrrole nitrogens is 1. The standard InChI is InChI=1S/C9H17N3/c10-6-2-1-4-8(11)9-5-3-7-12-9/h3,5,7-8,12H,1-2,4,6,10-11H2/t8-/m0/s1. The van der Waals surface area contributed by atoms with Crippen LogP contribution in [0.3, 0.4) is 0 Å². The molecule has 1 rings (SSSR count). The third-order valence-corrected chi connectivity index (χ3v) is 1.99. The molecule has 0 unspecified atom stereocenters. The zero-order valence-electron chi connectivity index (χ0n) is 7.29. The minimum absolute atomic E-state index is 0.145. The van der Waals surface area contributed by atoms with E-state index in [1.165, 1.54) is 0 Å². The lowest BCUT2D eigenvalue weighted by molar-refractivity contribution is 0.582. The van der Waals surface area contributed by atoms with E-state index in [-0.39, 0.29) is 6.04 Å². The molecule has 0 amide bonds. The Kier molecular flexibility index (Phi) is 3.84. The van der Waals surface area contributed by atoms with Crippen LogP contribution in [-0.4, -0.2) is 11.5 Å². The molecule has 68 valence electrons. The van der Waals surface area contributed by atoms with Crippen LogP contribution in [0.1, 0.15) is 31.0 Å². The predicted molar refractivity (Wildman–Crippen MR) is 50.6 cm³/mol. The van der Waals surface area contributed by atoms with Gasteiger partial charge in [0.2, 0.25) is 0 Å². The van der Waals surface area contributed by atoms with Gasteiger partial charge in [0.1, 0.15) is 0 Å². The van der Waals surface area contributed by atoms with Gasteiger partial charge in [-0.25, -0.2) is 0 Å². The van der Waals surface area contributed by atoms with E-state index in [0.29, 0.717) is 0 Å². The molecule has 1 heterocycles. The normalized spacial score (nSPS) is 13.2. The van der Waals surface area contributed by atoms with Crippen molar-refractivity contribution < 1.29 is 0 Å². The van der Waals surface area contributed by atoms with Crippen molar-refractivity contribution >= 4 is 0 Å². The molecule has 0 bridgehead atoms. The van der Waals surface area contributed by atoms with Gasteiger partial charge in [-0.1, -0.05) is 6.42 Å². The fraction of sp³-hybridized carbons (Fsp3) is 0.556. The second-order valence-electron chi connectivity index (χ2n) is 3.02. The minimum Gasteiger partial charge on any atom is -0.364 e. The van der Waals surface area contributed by atoms with E-state index < -0.39 is 0 Å². The van der Waals surface area contributed by atoms with E-state index >= 15 is 0 Å². The summed E-state index contributed by atoms with van der Waals surface area (Å²) < 4.78 is 0. The van der Waals surface area contributed by atoms with E-state index in [2.05, 4.69) is 4.98 Å². The summed E-state index contributed by atoms with van der Waals surface area (Å²) in [4.78, 5) is 3.11. The van der Waals surface area contributed by atoms with Crippen LogP contribution in [0.15, 0.2) is 18.3 Å². The number of nitrogens with one attached hydrogen (secondary N) is 1. The van der Waals surface area contributed by atoms with E-state index in [0.717, 1.165) is 31.5 Å². The number of aromatic nitrogens is 1. The summed E-state index contributed by atoms with van der Waals surface area (Å²) in [6.45, 7) is 0.761. The Hall–Kier alpha value is -0.800. The first-order valence-electron chi connectivity index (χ1n) is 4.43. The van der Waals surface area contributed by atoms with Crippen molar-refractivity contribution in [2.24, 2.45) is 11.5 Å². The van der Waals surface area contributed by atoms with Gasteiger partial charge in [-0.2, -0.15) is 0 Å². The maximum atomic E-state index is 5.91. The molecule has 0 spiro atoms. The third kappa shape index (κ3) is 2.68. The Bertz CT molecular complexity index is 194. The lowest BCUT2D eigenvalue weighted by Crippen LogP contribution is -2.11. The van der Waals surface area contributed by atoms with Crippen LogP contribution in [0.5, 0.6) is 0 Å². The van der Waals surface area contributed by atoms with Gasteiger partial charge in [-0.3, -0.25) is 0 Å². The Morgan fingerprint density at radius 3 is 2.83 bits per heavy atom. The second kappa shape index (κ2) is 4.95. The van der Waals surface area contributed by atoms with E-state index in [9.17, 15) is 0 Å². The topological polar surface area (TPSA) is 67.8 Å². The maximum absolute atomic E-state index is 5.91. The summed E-state index contributed by atoms with van der Waals surface area (Å²) >= 11 is 0. The maximum Gasteiger partial charge on any atom is 0.0447 e. The van der Waals surface area contributed by atoms with Crippen LogP contribution in [-0.2, 0) is 0 Å². The molecule has 0 saturated carbocycles. The molecule has 0 radical (unpaired) electrons. The Morgan fingerprint density at radius 1 is 1.42 bits per heavy atom. The monoisotopic (exact) mass is 167 g/mol. The van der Waals surface area contributed by atoms with Gasteiger partial charge in [-0.05, 0) is 31.5 Å². The van der Waals surface area contributed by atoms with Crippen molar-refractivity contribution in [1.82, 2.24) is 4.98 Å². The van der Waals surface area contributed by atoms with Crippen LogP contribution in [0, 0.1) is 0 Å². The Balaban J connectivity index is 2.25. The molecule has 5 N–H and O–H groups in total. The quantitative estimate of drug-likeness (QED) is 0.576. The first-order valence-corrected chi connectivity index (χ1v) is 4.43. The summed E-state index contributed by atoms with van der Waals surface area (Å²) in [7, 11) is 0. The van der Waals surface area contributed by atoms with Crippen LogP contribution < -0.4 is 11.5 Å². The second-order valence-corrected chi connectivity index (χ2v) is 3.02. The first-order chi connectivity index (χ1) is 5.84. The molecular weight excluding hydrogens is 150 g/mol. The van der Waals surface area contributed by atoms with Gasteiger partial charge >= 0.3 is 0 Å². The number of rotatable bonds is 5. The molecule has 0 aromatic carbocycles. The minimum atomic E-state index is 0.145. The van der Waals surface area contributed by atoms with E-state index in [1.807, 2.05) is 18.3 Å². The highest BCUT2D eigenvalue weighted by Gasteiger charge is 2.04. The smallest absolute Gasteiger partial charge is 0.0447 e. The summed E-state index contributed by atoms with van der Waals surface area (Å²) in [5.74, 6) is 0. The molecule has 1 aromatic heterocycles. The molecule has 12 heavy (non-hydrogen) atoms. The molecule has 1 aromatic rings. The number of aromatic amines is 1. The molecule has 0 aliphatic heterocycles. The van der Waals surface area contributed by atoms with Gasteiger partial charge in [0, 0.05) is 17.9 Å². The fourth-order valence-electron chi connectivity index (χ4n) is 1.24. The van der Waals surface area contributed by atoms with Gasteiger partial charge in [0.25, 0.3) is 0 Å². The average molecular weight is 167 g/mol. The van der Waals surface area contributed by atoms with Crippen molar-refractivity contribution in [3.63, 3.8) is 0 Å². The summed E-state index contributed by atoms with van der Waals surface area (Å²) in [6.07, 6.45) is 5.08. The van der Waals surface area contributed by atoms with E-state index in [1.54, 1.807) is 0 Å². The lowest BCUT2D eigenvalue weighted by atomic mass is 10.1. The van der Waals surface area contributed by atoms with Crippen LogP contribution in [0.25, 0.3) is 0 Å². The molecule has 3 nitrogen and oxygen atoms in total. The Morgan fingerprint density at radius 2 is 2.25 bits per heavy atom. The van der Waals surface area contributed by atoms with Crippen molar-refractivity contribution in [3.8, 4) is 0 Å². The zero-order valence-corrected chi connectivity index (χ0v) is 7.29. The zero-order chi connectivity index (χ0) is 8.81. The molecule has 1 atom stereocenters. The average Bonchev–Trinajstić information content (AvgIpc) is 2.56. The third-order valence-electron chi connectivity index (χ3n) is 1.99. The van der Waals surface area contributed by atoms with Crippen molar-refractivity contribution in [3.05, 3.63) is 24.0 Å². The van der Waals surface area contributed by atoms with E-state index in [4.69, 9.17) is 11.5 Å². The first kappa shape index (κ1) is 9.29. The SMILES string of the molecule is NCCCC[C@H](N)c1ccc[nH]1. The molecule has 0 aliphatic carbocycles. The number of hydrogen-bond donors (Lipinski definition) is 3. The van der Waals surface area contributed by atoms with Crippen molar-refractivity contribution in [2.75, 3.05) is 6.54 Å². The summed E-state index contributed by atoms with van der Waals surface area (Å²) in [5.41, 5.74) is 12.4. The highest BCUT2D eigenvalue weighted by Crippen LogP contribution is 2.13. The van der Waals surface area contributed by atoms with Gasteiger partial charge in [0.15, 0.2) is 0 Å². The molecule has 0 aliphatic rings. The summed E-state index contributed by atoms with van der Waals surface area (Å²) in [5, 5.41) is 0. The molecule has 3 heteroatoms. The highest BCUT2D eigenvalue weighted by molar-refractivity contribution is 5.07. The lowest BCUT2D eigenvalue weighted by Gasteiger charge is -2.08. The van der Waals surface area contributed by atoms with Gasteiger partial charge in [0.05, 0.1) is 0 Å². The Labute approximate surface area is 73.1 Å². The highest BCUT2D eigenvalue weighted by atomic mass is 14.8. The fourth-order valence-corrected chi connectivity index (χ4v) is 1.24. The van der Waals surface area contributed by atoms with Crippen LogP contribution >= 0.6 is 0 Å². The predicted octanol–water partition coefficient (Wildman–Crippen LogP) is 1.14. The van der Waals surface area contributed by atoms with Gasteiger partial charge < -0.3 is 16.5 Å². The molecular formula is C9H17N3. The van der Waals surface area contributed by atoms with Crippen LogP contribution in [0.2, 0.25) is 0 Å². The van der Waals surface area contributed by atoms with Gasteiger partial charge in [-0.15, -0.1) is 0 Å². The largest absolute Gasteiger partial charge is 0.364 e. The number of nitrogens with two attached hydrogens (primary N) is 2. The van der Waals surface area contributed by atoms with Crippen molar-refractivity contribution in [1.29, 1.82) is 0 Å².